The Kier molecular flexibility index (Phi) is 12.4. The van der Waals surface area contributed by atoms with Crippen LogP contribution in [0.5, 0.6) is 11.5 Å². The number of hydrogen-bond acceptors (Lipinski definition) is 12. The molecule has 0 aliphatic carbocycles. The van der Waals surface area contributed by atoms with Gasteiger partial charge in [-0.15, -0.1) is 0 Å². The van der Waals surface area contributed by atoms with Crippen molar-refractivity contribution < 1.29 is 47.6 Å². The third-order valence-corrected chi connectivity index (χ3v) is 5.45. The SMILES string of the molecule is COC(=O)CN(CC(=O)OC)c1ccccc1OCCOc1cc(C)ccc1N(CC(=O)OC)CC(=O)OC. The van der Waals surface area contributed by atoms with Gasteiger partial charge in [-0.1, -0.05) is 18.2 Å². The second-order valence-electron chi connectivity index (χ2n) is 8.15. The summed E-state index contributed by atoms with van der Waals surface area (Å²) in [6, 6.07) is 12.2. The summed E-state index contributed by atoms with van der Waals surface area (Å²) in [4.78, 5) is 50.8. The van der Waals surface area contributed by atoms with Gasteiger partial charge in [0, 0.05) is 0 Å². The van der Waals surface area contributed by atoms with E-state index < -0.39 is 23.9 Å². The molecule has 2 aromatic carbocycles. The van der Waals surface area contributed by atoms with Crippen LogP contribution >= 0.6 is 0 Å². The number of hydrogen-bond donors (Lipinski definition) is 0. The van der Waals surface area contributed by atoms with Gasteiger partial charge in [0.1, 0.15) is 50.9 Å². The van der Waals surface area contributed by atoms with Crippen LogP contribution in [0.3, 0.4) is 0 Å². The zero-order chi connectivity index (χ0) is 28.8. The van der Waals surface area contributed by atoms with Crippen molar-refractivity contribution in [3.63, 3.8) is 0 Å². The summed E-state index contributed by atoms with van der Waals surface area (Å²) < 4.78 is 31.0. The highest BCUT2D eigenvalue weighted by molar-refractivity contribution is 5.83. The molecule has 0 N–H and O–H groups in total. The normalized spacial score (nSPS) is 10.2. The third kappa shape index (κ3) is 9.72. The molecule has 212 valence electrons. The minimum absolute atomic E-state index is 0.0999. The number of rotatable bonds is 15. The molecule has 0 heterocycles. The number of nitrogens with zero attached hydrogens (tertiary/aromatic N) is 2. The van der Waals surface area contributed by atoms with Crippen LogP contribution in [0.1, 0.15) is 5.56 Å². The van der Waals surface area contributed by atoms with E-state index in [9.17, 15) is 19.2 Å². The first-order valence-corrected chi connectivity index (χ1v) is 11.9. The monoisotopic (exact) mass is 546 g/mol. The fourth-order valence-electron chi connectivity index (χ4n) is 3.48. The molecule has 0 fully saturated rings. The average Bonchev–Trinajstić information content (AvgIpc) is 2.94. The highest BCUT2D eigenvalue weighted by Crippen LogP contribution is 2.31. The largest absolute Gasteiger partial charge is 0.488 e. The molecular weight excluding hydrogens is 512 g/mol. The fourth-order valence-corrected chi connectivity index (χ4v) is 3.48. The Bertz CT molecular complexity index is 1100. The van der Waals surface area contributed by atoms with Crippen molar-refractivity contribution in [2.75, 3.05) is 77.6 Å². The highest BCUT2D eigenvalue weighted by atomic mass is 16.5. The maximum Gasteiger partial charge on any atom is 0.325 e. The number of carbonyl (C=O) groups is 4. The van der Waals surface area contributed by atoms with E-state index in [1.165, 1.54) is 38.2 Å². The van der Waals surface area contributed by atoms with Crippen LogP contribution in [0.4, 0.5) is 11.4 Å². The Morgan fingerprint density at radius 1 is 0.590 bits per heavy atom. The number of carbonyl (C=O) groups excluding carboxylic acids is 4. The van der Waals surface area contributed by atoms with Crippen LogP contribution in [-0.4, -0.2) is 91.7 Å². The van der Waals surface area contributed by atoms with Gasteiger partial charge >= 0.3 is 23.9 Å². The Morgan fingerprint density at radius 2 is 1.00 bits per heavy atom. The van der Waals surface area contributed by atoms with Gasteiger partial charge in [0.25, 0.3) is 0 Å². The van der Waals surface area contributed by atoms with Crippen LogP contribution in [-0.2, 0) is 38.1 Å². The van der Waals surface area contributed by atoms with Gasteiger partial charge in [0.15, 0.2) is 0 Å². The maximum absolute atomic E-state index is 12.0. The smallest absolute Gasteiger partial charge is 0.325 e. The number of methoxy groups -OCH3 is 4. The van der Waals surface area contributed by atoms with E-state index >= 15 is 0 Å². The highest BCUT2D eigenvalue weighted by Gasteiger charge is 2.21. The van der Waals surface area contributed by atoms with Crippen LogP contribution in [0.25, 0.3) is 0 Å². The Balaban J connectivity index is 2.18. The van der Waals surface area contributed by atoms with E-state index in [2.05, 4.69) is 0 Å². The van der Waals surface area contributed by atoms with Crippen LogP contribution in [0, 0.1) is 6.92 Å². The molecule has 12 nitrogen and oxygen atoms in total. The summed E-state index contributed by atoms with van der Waals surface area (Å²) in [5.41, 5.74) is 1.89. The predicted molar refractivity (Wildman–Crippen MR) is 141 cm³/mol. The van der Waals surface area contributed by atoms with Crippen molar-refractivity contribution in [1.29, 1.82) is 0 Å². The Labute approximate surface area is 227 Å². The van der Waals surface area contributed by atoms with Crippen molar-refractivity contribution in [1.82, 2.24) is 0 Å². The Morgan fingerprint density at radius 3 is 1.46 bits per heavy atom. The summed E-state index contributed by atoms with van der Waals surface area (Å²) in [5.74, 6) is -1.29. The summed E-state index contributed by atoms with van der Waals surface area (Å²) in [6.07, 6.45) is 0. The van der Waals surface area contributed by atoms with Crippen molar-refractivity contribution in [3.05, 3.63) is 48.0 Å². The minimum atomic E-state index is -0.535. The molecule has 2 rings (SSSR count). The molecule has 0 saturated heterocycles. The lowest BCUT2D eigenvalue weighted by Gasteiger charge is -2.25. The minimum Gasteiger partial charge on any atom is -0.488 e. The molecule has 0 amide bonds. The molecule has 0 aliphatic heterocycles. The van der Waals surface area contributed by atoms with E-state index in [0.29, 0.717) is 22.9 Å². The molecule has 0 radical (unpaired) electrons. The molecule has 0 spiro atoms. The van der Waals surface area contributed by atoms with E-state index in [-0.39, 0.29) is 39.4 Å². The van der Waals surface area contributed by atoms with Gasteiger partial charge < -0.3 is 38.2 Å². The van der Waals surface area contributed by atoms with E-state index in [4.69, 9.17) is 28.4 Å². The van der Waals surface area contributed by atoms with Crippen molar-refractivity contribution in [2.45, 2.75) is 6.92 Å². The number of para-hydroxylation sites is 2. The first kappa shape index (κ1) is 30.7. The summed E-state index contributed by atoms with van der Waals surface area (Å²) >= 11 is 0. The number of esters is 4. The molecule has 12 heteroatoms. The van der Waals surface area contributed by atoms with Crippen molar-refractivity contribution >= 4 is 35.3 Å². The number of aryl methyl sites for hydroxylation is 1. The summed E-state index contributed by atoms with van der Waals surface area (Å²) in [6.45, 7) is 1.32. The molecule has 0 aliphatic rings. The lowest BCUT2D eigenvalue weighted by molar-refractivity contribution is -0.141. The first-order chi connectivity index (χ1) is 18.7. The number of ether oxygens (including phenoxy) is 6. The summed E-state index contributed by atoms with van der Waals surface area (Å²) in [7, 11) is 5.04. The molecule has 0 atom stereocenters. The molecule has 0 aromatic heterocycles. The quantitative estimate of drug-likeness (QED) is 0.183. The zero-order valence-corrected chi connectivity index (χ0v) is 22.8. The maximum atomic E-state index is 12.0. The van der Waals surface area contributed by atoms with Gasteiger partial charge in [-0.3, -0.25) is 19.2 Å². The standard InChI is InChI=1S/C27H34N2O10/c1-19-10-11-21(29(17-26(32)36-4)18-27(33)37-5)23(14-19)39-13-12-38-22-9-7-6-8-20(22)28(15-24(30)34-2)16-25(31)35-3/h6-11,14H,12-13,15-18H2,1-5H3. The lowest BCUT2D eigenvalue weighted by atomic mass is 10.2. The molecule has 0 bridgehead atoms. The van der Waals surface area contributed by atoms with Gasteiger partial charge in [-0.25, -0.2) is 0 Å². The zero-order valence-electron chi connectivity index (χ0n) is 22.8. The van der Waals surface area contributed by atoms with Crippen LogP contribution < -0.4 is 19.3 Å². The number of anilines is 2. The van der Waals surface area contributed by atoms with Gasteiger partial charge in [0.2, 0.25) is 0 Å². The van der Waals surface area contributed by atoms with Crippen molar-refractivity contribution in [3.8, 4) is 11.5 Å². The summed E-state index contributed by atoms with van der Waals surface area (Å²) in [5, 5.41) is 0. The number of benzene rings is 2. The van der Waals surface area contributed by atoms with Gasteiger partial charge in [0.05, 0.1) is 39.8 Å². The second-order valence-corrected chi connectivity index (χ2v) is 8.15. The topological polar surface area (TPSA) is 130 Å². The van der Waals surface area contributed by atoms with Crippen molar-refractivity contribution in [2.24, 2.45) is 0 Å². The van der Waals surface area contributed by atoms with Crippen LogP contribution in [0.2, 0.25) is 0 Å². The molecule has 2 aromatic rings. The van der Waals surface area contributed by atoms with E-state index in [1.54, 1.807) is 36.4 Å². The predicted octanol–water partition coefficient (Wildman–Crippen LogP) is 1.76. The van der Waals surface area contributed by atoms with Gasteiger partial charge in [-0.05, 0) is 36.8 Å². The second kappa shape index (κ2) is 15.7. The fraction of sp³-hybridized carbons (Fsp3) is 0.407. The molecule has 0 unspecified atom stereocenters. The van der Waals surface area contributed by atoms with E-state index in [0.717, 1.165) is 5.56 Å². The van der Waals surface area contributed by atoms with E-state index in [1.807, 2.05) is 13.0 Å². The average molecular weight is 547 g/mol. The molecule has 39 heavy (non-hydrogen) atoms. The third-order valence-electron chi connectivity index (χ3n) is 5.45. The Hall–Kier alpha value is -4.48. The first-order valence-electron chi connectivity index (χ1n) is 11.9. The van der Waals surface area contributed by atoms with Gasteiger partial charge in [-0.2, -0.15) is 0 Å². The molecule has 0 saturated carbocycles. The van der Waals surface area contributed by atoms with Crippen LogP contribution in [0.15, 0.2) is 42.5 Å². The lowest BCUT2D eigenvalue weighted by Crippen LogP contribution is -2.36. The molecular formula is C27H34N2O10.